The van der Waals surface area contributed by atoms with Crippen molar-refractivity contribution in [3.05, 3.63) is 82.7 Å². The van der Waals surface area contributed by atoms with Crippen LogP contribution in [-0.2, 0) is 12.2 Å². The average molecular weight is 396 g/mol. The maximum Gasteiger partial charge on any atom is 0.258 e. The number of nitrogens with two attached hydrogens (primary N) is 1. The predicted molar refractivity (Wildman–Crippen MR) is 118 cm³/mol. The lowest BCUT2D eigenvalue weighted by atomic mass is 9.86. The van der Waals surface area contributed by atoms with Gasteiger partial charge in [0.2, 0.25) is 0 Å². The van der Waals surface area contributed by atoms with Gasteiger partial charge < -0.3 is 15.7 Å². The molecule has 2 radical (unpaired) electrons. The van der Waals surface area contributed by atoms with Gasteiger partial charge in [-0.3, -0.25) is 14.8 Å². The van der Waals surface area contributed by atoms with E-state index in [2.05, 4.69) is 9.98 Å². The van der Waals surface area contributed by atoms with Crippen molar-refractivity contribution in [1.82, 2.24) is 9.88 Å². The molecule has 0 spiro atoms. The molecule has 2 heterocycles. The Morgan fingerprint density at radius 1 is 1.23 bits per heavy atom. The smallest absolute Gasteiger partial charge is 0.258 e. The third-order valence-electron chi connectivity index (χ3n) is 5.42. The Labute approximate surface area is 176 Å². The van der Waals surface area contributed by atoms with Gasteiger partial charge in [0.05, 0.1) is 11.3 Å². The largest absolute Gasteiger partial charge is 0.398 e. The van der Waals surface area contributed by atoms with Gasteiger partial charge in [0.25, 0.3) is 5.91 Å². The number of pyridine rings is 1. The highest BCUT2D eigenvalue weighted by Crippen LogP contribution is 2.35. The molecule has 1 aliphatic heterocycles. The van der Waals surface area contributed by atoms with Crippen molar-refractivity contribution in [1.29, 1.82) is 0 Å². The van der Waals surface area contributed by atoms with Gasteiger partial charge in [0.15, 0.2) is 7.85 Å². The van der Waals surface area contributed by atoms with Crippen molar-refractivity contribution in [2.24, 2.45) is 4.99 Å². The number of aliphatic hydroxyl groups is 1. The molecule has 30 heavy (non-hydrogen) atoms. The second-order valence-corrected chi connectivity index (χ2v) is 7.35. The Balaban J connectivity index is 1.68. The van der Waals surface area contributed by atoms with Crippen molar-refractivity contribution in [3.8, 4) is 11.1 Å². The van der Waals surface area contributed by atoms with E-state index in [1.807, 2.05) is 43.3 Å². The van der Waals surface area contributed by atoms with E-state index >= 15 is 0 Å². The summed E-state index contributed by atoms with van der Waals surface area (Å²) in [6.07, 6.45) is 3.26. The summed E-state index contributed by atoms with van der Waals surface area (Å²) in [5.74, 6) is -0.344. The van der Waals surface area contributed by atoms with E-state index < -0.39 is 5.62 Å². The topological polar surface area (TPSA) is 91.8 Å². The molecule has 1 aromatic heterocycles. The summed E-state index contributed by atoms with van der Waals surface area (Å²) < 4.78 is 0. The van der Waals surface area contributed by atoms with E-state index in [9.17, 15) is 9.90 Å². The average Bonchev–Trinajstić information content (AvgIpc) is 2.92. The molecular formula is C23H21BN4O2. The third-order valence-corrected chi connectivity index (χ3v) is 5.42. The SMILES string of the molecule is [B]C1(O)c2ncccc2C(=O)N1Cc1ccc(-c2cccc(N)c2C=NC)cc1C. The van der Waals surface area contributed by atoms with Gasteiger partial charge in [-0.15, -0.1) is 0 Å². The van der Waals surface area contributed by atoms with Crippen molar-refractivity contribution >= 4 is 25.7 Å². The van der Waals surface area contributed by atoms with Crippen LogP contribution in [0.15, 0.2) is 59.7 Å². The number of rotatable bonds is 4. The molecular weight excluding hydrogens is 375 g/mol. The number of carbonyl (C=O) groups is 1. The number of nitrogen functional groups attached to an aromatic ring is 1. The summed E-state index contributed by atoms with van der Waals surface area (Å²) in [4.78, 5) is 22.2. The standard InChI is InChI=1S/C23H21BN4O2/c1-14-11-15(17-5-3-7-20(25)19(17)12-26-2)8-9-16(14)13-28-22(29)18-6-4-10-27-21(18)23(28,24)30/h3-12,30H,13,25H2,1-2H3. The second-order valence-electron chi connectivity index (χ2n) is 7.35. The summed E-state index contributed by atoms with van der Waals surface area (Å²) in [6.45, 7) is 2.12. The minimum atomic E-state index is -1.95. The van der Waals surface area contributed by atoms with Crippen LogP contribution in [-0.4, -0.2) is 42.0 Å². The number of hydrogen-bond acceptors (Lipinski definition) is 5. The van der Waals surface area contributed by atoms with Gasteiger partial charge in [-0.2, -0.15) is 0 Å². The normalized spacial score (nSPS) is 18.2. The lowest BCUT2D eigenvalue weighted by molar-refractivity contribution is -0.0224. The highest BCUT2D eigenvalue weighted by atomic mass is 16.3. The van der Waals surface area contributed by atoms with E-state index in [0.29, 0.717) is 11.3 Å². The van der Waals surface area contributed by atoms with Gasteiger partial charge in [-0.25, -0.2) is 0 Å². The molecule has 1 unspecified atom stereocenters. The lowest BCUT2D eigenvalue weighted by Gasteiger charge is -2.31. The Hall–Kier alpha value is -3.45. The van der Waals surface area contributed by atoms with Crippen molar-refractivity contribution in [3.63, 3.8) is 0 Å². The van der Waals surface area contributed by atoms with Crippen LogP contribution in [0.25, 0.3) is 11.1 Å². The quantitative estimate of drug-likeness (QED) is 0.403. The van der Waals surface area contributed by atoms with Crippen molar-refractivity contribution < 1.29 is 9.90 Å². The molecule has 0 aliphatic carbocycles. The molecule has 0 saturated heterocycles. The molecule has 1 atom stereocenters. The molecule has 0 fully saturated rings. The van der Waals surface area contributed by atoms with Gasteiger partial charge >= 0.3 is 0 Å². The van der Waals surface area contributed by atoms with Crippen molar-refractivity contribution in [2.75, 3.05) is 12.8 Å². The van der Waals surface area contributed by atoms with Crippen LogP contribution in [0.1, 0.15) is 32.7 Å². The van der Waals surface area contributed by atoms with Crippen LogP contribution >= 0.6 is 0 Å². The predicted octanol–water partition coefficient (Wildman–Crippen LogP) is 2.62. The van der Waals surface area contributed by atoms with Gasteiger partial charge in [-0.1, -0.05) is 30.3 Å². The number of amides is 1. The number of nitrogens with zero attached hydrogens (tertiary/aromatic N) is 3. The molecule has 7 heteroatoms. The zero-order valence-electron chi connectivity index (χ0n) is 16.8. The molecule has 2 aromatic carbocycles. The number of aromatic nitrogens is 1. The first-order valence-electron chi connectivity index (χ1n) is 9.54. The van der Waals surface area contributed by atoms with E-state index in [4.69, 9.17) is 13.6 Å². The number of hydrogen-bond donors (Lipinski definition) is 2. The minimum absolute atomic E-state index is 0.161. The fourth-order valence-electron chi connectivity index (χ4n) is 3.81. The summed E-state index contributed by atoms with van der Waals surface area (Å²) in [7, 11) is 7.79. The maximum atomic E-state index is 12.8. The van der Waals surface area contributed by atoms with Crippen LogP contribution in [0.4, 0.5) is 5.69 Å². The molecule has 4 rings (SSSR count). The number of benzene rings is 2. The van der Waals surface area contributed by atoms with Crippen LogP contribution in [0.2, 0.25) is 0 Å². The van der Waals surface area contributed by atoms with Gasteiger partial charge in [0.1, 0.15) is 5.62 Å². The Morgan fingerprint density at radius 2 is 2.00 bits per heavy atom. The number of anilines is 1. The monoisotopic (exact) mass is 396 g/mol. The molecule has 1 amide bonds. The van der Waals surface area contributed by atoms with E-state index in [1.54, 1.807) is 25.4 Å². The summed E-state index contributed by atoms with van der Waals surface area (Å²) in [5, 5.41) is 10.8. The van der Waals surface area contributed by atoms with Gasteiger partial charge in [0, 0.05) is 37.3 Å². The fourth-order valence-corrected chi connectivity index (χ4v) is 3.81. The van der Waals surface area contributed by atoms with Crippen LogP contribution < -0.4 is 5.73 Å². The van der Waals surface area contributed by atoms with E-state index in [-0.39, 0.29) is 18.1 Å². The Morgan fingerprint density at radius 3 is 2.70 bits per heavy atom. The van der Waals surface area contributed by atoms with Crippen molar-refractivity contribution in [2.45, 2.75) is 19.1 Å². The number of aliphatic imine (C=N–C) groups is 1. The summed E-state index contributed by atoms with van der Waals surface area (Å²) in [6, 6.07) is 14.9. The highest BCUT2D eigenvalue weighted by Gasteiger charge is 2.45. The number of fused-ring (bicyclic) bond motifs is 1. The van der Waals surface area contributed by atoms with Crippen LogP contribution in [0.3, 0.4) is 0 Å². The Kier molecular flexibility index (Phi) is 4.91. The van der Waals surface area contributed by atoms with Crippen LogP contribution in [0, 0.1) is 6.92 Å². The van der Waals surface area contributed by atoms with Gasteiger partial charge in [-0.05, 0) is 47.4 Å². The molecule has 148 valence electrons. The number of carbonyl (C=O) groups excluding carboxylic acids is 1. The second kappa shape index (κ2) is 7.42. The summed E-state index contributed by atoms with van der Waals surface area (Å²) >= 11 is 0. The highest BCUT2D eigenvalue weighted by molar-refractivity contribution is 6.19. The number of aryl methyl sites for hydroxylation is 1. The molecule has 0 saturated carbocycles. The van der Waals surface area contributed by atoms with E-state index in [0.717, 1.165) is 27.8 Å². The molecule has 6 nitrogen and oxygen atoms in total. The minimum Gasteiger partial charge on any atom is -0.398 e. The Bertz CT molecular complexity index is 1170. The molecule has 0 bridgehead atoms. The molecule has 3 aromatic rings. The third kappa shape index (κ3) is 3.17. The van der Waals surface area contributed by atoms with E-state index in [1.165, 1.54) is 11.1 Å². The first-order chi connectivity index (χ1) is 14.3. The molecule has 1 aliphatic rings. The van der Waals surface area contributed by atoms with Crippen LogP contribution in [0.5, 0.6) is 0 Å². The zero-order valence-corrected chi connectivity index (χ0v) is 16.8. The fraction of sp³-hybridized carbons (Fsp3) is 0.174. The first-order valence-corrected chi connectivity index (χ1v) is 9.54. The zero-order chi connectivity index (χ0) is 21.5. The molecule has 3 N–H and O–H groups in total. The summed E-state index contributed by atoms with van der Waals surface area (Å²) in [5.41, 5.74) is 9.98. The first kappa shape index (κ1) is 19.9. The lowest BCUT2D eigenvalue weighted by Crippen LogP contribution is -2.44. The maximum absolute atomic E-state index is 12.8.